The van der Waals surface area contributed by atoms with E-state index in [0.29, 0.717) is 10.9 Å². The summed E-state index contributed by atoms with van der Waals surface area (Å²) in [6.07, 6.45) is 5.08. The Kier molecular flexibility index (Phi) is 6.64. The van der Waals surface area contributed by atoms with Crippen LogP contribution in [-0.2, 0) is 10.9 Å². The highest BCUT2D eigenvalue weighted by atomic mass is 32.2. The van der Waals surface area contributed by atoms with Gasteiger partial charge in [0.25, 0.3) is 0 Å². The maximum Gasteiger partial charge on any atom is 0.234 e. The van der Waals surface area contributed by atoms with E-state index in [4.69, 9.17) is 0 Å². The van der Waals surface area contributed by atoms with E-state index in [0.717, 1.165) is 11.0 Å². The van der Waals surface area contributed by atoms with Gasteiger partial charge in [-0.25, -0.2) is 0 Å². The van der Waals surface area contributed by atoms with Gasteiger partial charge in [0, 0.05) is 33.7 Å². The smallest absolute Gasteiger partial charge is 0.234 e. The molecule has 0 unspecified atom stereocenters. The van der Waals surface area contributed by atoms with Crippen LogP contribution < -0.4 is 0 Å². The average Bonchev–Trinajstić information content (AvgIpc) is 3.01. The van der Waals surface area contributed by atoms with E-state index in [-0.39, 0.29) is 11.8 Å². The summed E-state index contributed by atoms with van der Waals surface area (Å²) in [4.78, 5) is 14.4. The first-order valence-electron chi connectivity index (χ1n) is 10.3. The lowest BCUT2D eigenvalue weighted by atomic mass is 10.1. The van der Waals surface area contributed by atoms with Crippen LogP contribution in [0.25, 0.3) is 21.8 Å². The zero-order chi connectivity index (χ0) is 19.4. The average molecular weight is 383 g/mol. The first-order valence-corrected chi connectivity index (χ1v) is 11.9. The molecule has 0 saturated carbocycles. The molecular formula is C24H32NOS+. The molecule has 0 aliphatic rings. The van der Waals surface area contributed by atoms with Crippen molar-refractivity contribution in [3.8, 4) is 0 Å². The van der Waals surface area contributed by atoms with Crippen LogP contribution in [0, 0.1) is 5.92 Å². The first kappa shape index (κ1) is 20.0. The summed E-state index contributed by atoms with van der Waals surface area (Å²) in [5.74, 6) is 2.72. The molecule has 27 heavy (non-hydrogen) atoms. The highest BCUT2D eigenvalue weighted by molar-refractivity contribution is 7.96. The highest BCUT2D eigenvalue weighted by Crippen LogP contribution is 2.32. The van der Waals surface area contributed by atoms with Gasteiger partial charge >= 0.3 is 0 Å². The molecule has 0 saturated heterocycles. The second-order valence-corrected chi connectivity index (χ2v) is 9.91. The largest absolute Gasteiger partial charge is 0.280 e. The van der Waals surface area contributed by atoms with Crippen LogP contribution in [0.5, 0.6) is 0 Å². The molecule has 2 aromatic carbocycles. The molecule has 1 aromatic heterocycles. The van der Waals surface area contributed by atoms with E-state index in [9.17, 15) is 4.79 Å². The zero-order valence-corrected chi connectivity index (χ0v) is 17.9. The van der Waals surface area contributed by atoms with Crippen LogP contribution in [0.2, 0.25) is 0 Å². The summed E-state index contributed by atoms with van der Waals surface area (Å²) in [5, 5.41) is 2.42. The molecule has 0 N–H and O–H groups in total. The van der Waals surface area contributed by atoms with Crippen molar-refractivity contribution in [2.24, 2.45) is 5.92 Å². The normalized spacial score (nSPS) is 11.9. The molecular weight excluding hydrogens is 350 g/mol. The van der Waals surface area contributed by atoms with E-state index < -0.39 is 0 Å². The highest BCUT2D eigenvalue weighted by Gasteiger charge is 2.24. The SMILES string of the molecule is CCCC[S+](CCCC)c1ccc2c(c1)c1ccccc1n2C(=O)C(C)C. The minimum atomic E-state index is -0.0209. The summed E-state index contributed by atoms with van der Waals surface area (Å²) in [6.45, 7) is 8.50. The summed E-state index contributed by atoms with van der Waals surface area (Å²) >= 11 is 0. The molecule has 0 bridgehead atoms. The van der Waals surface area contributed by atoms with Gasteiger partial charge < -0.3 is 0 Å². The summed E-state index contributed by atoms with van der Waals surface area (Å²) in [7, 11) is 0.309. The molecule has 0 aliphatic heterocycles. The van der Waals surface area contributed by atoms with Crippen molar-refractivity contribution in [3.05, 3.63) is 42.5 Å². The molecule has 1 heterocycles. The number of hydrogen-bond donors (Lipinski definition) is 0. The number of rotatable bonds is 8. The number of carbonyl (C=O) groups excluding carboxylic acids is 1. The van der Waals surface area contributed by atoms with Gasteiger partial charge in [-0.15, -0.1) is 0 Å². The Morgan fingerprint density at radius 3 is 2.19 bits per heavy atom. The Hall–Kier alpha value is -1.74. The van der Waals surface area contributed by atoms with Crippen LogP contribution in [0.3, 0.4) is 0 Å². The summed E-state index contributed by atoms with van der Waals surface area (Å²) in [5.41, 5.74) is 2.08. The third kappa shape index (κ3) is 4.08. The van der Waals surface area contributed by atoms with Gasteiger partial charge in [-0.2, -0.15) is 0 Å². The quantitative estimate of drug-likeness (QED) is 0.399. The Morgan fingerprint density at radius 1 is 0.926 bits per heavy atom. The van der Waals surface area contributed by atoms with Crippen molar-refractivity contribution in [2.75, 3.05) is 11.5 Å². The molecule has 0 atom stereocenters. The maximum absolute atomic E-state index is 12.9. The van der Waals surface area contributed by atoms with Crippen molar-refractivity contribution in [1.29, 1.82) is 0 Å². The van der Waals surface area contributed by atoms with Crippen molar-refractivity contribution in [2.45, 2.75) is 58.3 Å². The molecule has 0 radical (unpaired) electrons. The Balaban J connectivity index is 2.14. The fourth-order valence-corrected chi connectivity index (χ4v) is 6.10. The van der Waals surface area contributed by atoms with Crippen LogP contribution in [-0.4, -0.2) is 22.0 Å². The van der Waals surface area contributed by atoms with Crippen LogP contribution in [0.15, 0.2) is 47.4 Å². The predicted octanol–water partition coefficient (Wildman–Crippen LogP) is 6.67. The molecule has 0 aliphatic carbocycles. The van der Waals surface area contributed by atoms with Crippen LogP contribution in [0.4, 0.5) is 0 Å². The number of aromatic nitrogens is 1. The second kappa shape index (κ2) is 8.97. The number of nitrogens with zero attached hydrogens (tertiary/aromatic N) is 1. The van der Waals surface area contributed by atoms with Crippen molar-refractivity contribution < 1.29 is 4.79 Å². The number of unbranched alkanes of at least 4 members (excludes halogenated alkanes) is 2. The fraction of sp³-hybridized carbons (Fsp3) is 0.458. The van der Waals surface area contributed by atoms with E-state index >= 15 is 0 Å². The van der Waals surface area contributed by atoms with Gasteiger partial charge in [0.05, 0.1) is 11.0 Å². The predicted molar refractivity (Wildman–Crippen MR) is 120 cm³/mol. The number of carbonyl (C=O) groups is 1. The van der Waals surface area contributed by atoms with E-state index in [1.165, 1.54) is 52.9 Å². The van der Waals surface area contributed by atoms with Crippen molar-refractivity contribution in [3.63, 3.8) is 0 Å². The molecule has 0 fully saturated rings. The van der Waals surface area contributed by atoms with E-state index in [2.05, 4.69) is 50.2 Å². The Labute approximate surface area is 166 Å². The van der Waals surface area contributed by atoms with Gasteiger partial charge in [-0.3, -0.25) is 9.36 Å². The van der Waals surface area contributed by atoms with E-state index in [1.807, 2.05) is 24.5 Å². The number of para-hydroxylation sites is 1. The summed E-state index contributed by atoms with van der Waals surface area (Å²) in [6, 6.07) is 15.2. The summed E-state index contributed by atoms with van der Waals surface area (Å²) < 4.78 is 1.93. The zero-order valence-electron chi connectivity index (χ0n) is 17.1. The number of benzene rings is 2. The number of fused-ring (bicyclic) bond motifs is 3. The first-order chi connectivity index (χ1) is 13.1. The topological polar surface area (TPSA) is 22.0 Å². The Bertz CT molecular complexity index is 917. The van der Waals surface area contributed by atoms with E-state index in [1.54, 1.807) is 0 Å². The van der Waals surface area contributed by atoms with Gasteiger partial charge in [0.2, 0.25) is 5.91 Å². The number of hydrogen-bond acceptors (Lipinski definition) is 1. The fourth-order valence-electron chi connectivity index (χ4n) is 3.60. The monoisotopic (exact) mass is 382 g/mol. The molecule has 2 nitrogen and oxygen atoms in total. The van der Waals surface area contributed by atoms with Gasteiger partial charge in [-0.1, -0.05) is 58.7 Å². The molecule has 3 heteroatoms. The maximum atomic E-state index is 12.9. The lowest BCUT2D eigenvalue weighted by Crippen LogP contribution is -2.16. The van der Waals surface area contributed by atoms with Gasteiger partial charge in [0.1, 0.15) is 11.5 Å². The lowest BCUT2D eigenvalue weighted by molar-refractivity contribution is 0.0866. The third-order valence-corrected chi connectivity index (χ3v) is 7.66. The van der Waals surface area contributed by atoms with Gasteiger partial charge in [-0.05, 0) is 31.0 Å². The molecule has 0 spiro atoms. The Morgan fingerprint density at radius 2 is 1.56 bits per heavy atom. The minimum Gasteiger partial charge on any atom is -0.280 e. The molecule has 0 amide bonds. The lowest BCUT2D eigenvalue weighted by Gasteiger charge is -2.10. The molecule has 144 valence electrons. The minimum absolute atomic E-state index is 0.0209. The van der Waals surface area contributed by atoms with Crippen LogP contribution >= 0.6 is 0 Å². The van der Waals surface area contributed by atoms with Crippen molar-refractivity contribution >= 4 is 38.6 Å². The standard InChI is InChI=1S/C24H32NOS/c1-5-7-15-27(16-8-6-2)19-13-14-23-21(17-19)20-11-9-10-12-22(20)25(23)24(26)18(3)4/h9-14,17-18H,5-8,15-16H2,1-4H3/q+1. The van der Waals surface area contributed by atoms with Crippen LogP contribution in [0.1, 0.15) is 58.2 Å². The van der Waals surface area contributed by atoms with Crippen molar-refractivity contribution in [1.82, 2.24) is 4.57 Å². The molecule has 3 rings (SSSR count). The second-order valence-electron chi connectivity index (χ2n) is 7.63. The molecule has 3 aromatic rings. The third-order valence-electron chi connectivity index (χ3n) is 5.18. The van der Waals surface area contributed by atoms with Gasteiger partial charge in [0.15, 0.2) is 4.90 Å².